The molecule has 0 aromatic heterocycles. The molecule has 0 aromatic rings. The van der Waals surface area contributed by atoms with E-state index in [-0.39, 0.29) is 0 Å². The molecule has 0 aromatic carbocycles. The molecule has 18 heavy (non-hydrogen) atoms. The van der Waals surface area contributed by atoms with Crippen molar-refractivity contribution in [2.24, 2.45) is 59.2 Å². The van der Waals surface area contributed by atoms with Gasteiger partial charge in [-0.25, -0.2) is 0 Å². The van der Waals surface area contributed by atoms with Crippen LogP contribution in [0, 0.1) is 59.2 Å². The van der Waals surface area contributed by atoms with Crippen LogP contribution >= 0.6 is 0 Å². The Hall–Kier alpha value is 0.150. The van der Waals surface area contributed by atoms with Gasteiger partial charge in [-0.15, -0.1) is 0 Å². The Morgan fingerprint density at radius 3 is 1.67 bits per heavy atom. The molecule has 0 amide bonds. The van der Waals surface area contributed by atoms with E-state index >= 15 is 0 Å². The van der Waals surface area contributed by atoms with E-state index in [9.17, 15) is 4.21 Å². The molecule has 0 N–H and O–H groups in total. The van der Waals surface area contributed by atoms with Gasteiger partial charge in [0.25, 0.3) is 0 Å². The molecule has 1 nitrogen and oxygen atoms in total. The van der Waals surface area contributed by atoms with Crippen molar-refractivity contribution < 1.29 is 4.21 Å². The number of hydrogen-bond acceptors (Lipinski definition) is 1. The van der Waals surface area contributed by atoms with Gasteiger partial charge in [0.2, 0.25) is 0 Å². The van der Waals surface area contributed by atoms with Crippen LogP contribution in [-0.4, -0.2) is 15.7 Å². The minimum Gasteiger partial charge on any atom is -0.260 e. The smallest absolute Gasteiger partial charge is 0.0269 e. The summed E-state index contributed by atoms with van der Waals surface area (Å²) < 4.78 is 11.9. The zero-order valence-electron chi connectivity index (χ0n) is 11.4. The van der Waals surface area contributed by atoms with Crippen LogP contribution in [0.2, 0.25) is 0 Å². The fraction of sp³-hybridized carbons (Fsp3) is 1.00. The predicted molar refractivity (Wildman–Crippen MR) is 73.4 cm³/mol. The largest absolute Gasteiger partial charge is 0.260 e. The maximum Gasteiger partial charge on any atom is 0.0269 e. The monoisotopic (exact) mass is 264 g/mol. The van der Waals surface area contributed by atoms with E-state index < -0.39 is 10.8 Å². The van der Waals surface area contributed by atoms with Gasteiger partial charge in [-0.3, -0.25) is 4.21 Å². The zero-order chi connectivity index (χ0) is 12.2. The predicted octanol–water partition coefficient (Wildman–Crippen LogP) is 2.79. The Balaban J connectivity index is 1.55. The van der Waals surface area contributed by atoms with Crippen molar-refractivity contribution in [3.8, 4) is 0 Å². The Bertz CT molecular complexity index is 397. The molecule has 1 heterocycles. The van der Waals surface area contributed by atoms with Crippen molar-refractivity contribution in [1.29, 1.82) is 0 Å². The van der Waals surface area contributed by atoms with E-state index in [2.05, 4.69) is 13.8 Å². The SMILES string of the molecule is CC1C(C)C2CC1C1C3CC(C4CS(=O)CC43)C21. The summed E-state index contributed by atoms with van der Waals surface area (Å²) in [6, 6.07) is 0. The van der Waals surface area contributed by atoms with Crippen LogP contribution in [0.1, 0.15) is 26.7 Å². The number of rotatable bonds is 0. The summed E-state index contributed by atoms with van der Waals surface area (Å²) in [6.45, 7) is 5.03. The third kappa shape index (κ3) is 1.02. The summed E-state index contributed by atoms with van der Waals surface area (Å²) in [5, 5.41) is 0. The van der Waals surface area contributed by atoms with Crippen LogP contribution in [0.4, 0.5) is 0 Å². The quantitative estimate of drug-likeness (QED) is 0.615. The molecular formula is C16H24OS. The molecule has 10 unspecified atom stereocenters. The van der Waals surface area contributed by atoms with Crippen LogP contribution in [0.3, 0.4) is 0 Å². The van der Waals surface area contributed by atoms with Crippen molar-refractivity contribution in [2.45, 2.75) is 26.7 Å². The minimum absolute atomic E-state index is 0.460. The molecule has 5 fully saturated rings. The first-order valence-corrected chi connectivity index (χ1v) is 9.50. The molecule has 1 aliphatic heterocycles. The highest BCUT2D eigenvalue weighted by Crippen LogP contribution is 2.73. The van der Waals surface area contributed by atoms with Crippen molar-refractivity contribution in [2.75, 3.05) is 11.5 Å². The molecule has 4 aliphatic carbocycles. The summed E-state index contributed by atoms with van der Waals surface area (Å²) in [5.41, 5.74) is 0. The van der Waals surface area contributed by atoms with Gasteiger partial charge in [-0.05, 0) is 72.0 Å². The normalized spacial score (nSPS) is 71.8. The lowest BCUT2D eigenvalue weighted by Gasteiger charge is -2.44. The fourth-order valence-corrected chi connectivity index (χ4v) is 9.47. The lowest BCUT2D eigenvalue weighted by Crippen LogP contribution is -2.42. The van der Waals surface area contributed by atoms with Crippen molar-refractivity contribution in [3.05, 3.63) is 0 Å². The number of hydrogen-bond donors (Lipinski definition) is 0. The first-order chi connectivity index (χ1) is 8.66. The molecule has 4 bridgehead atoms. The topological polar surface area (TPSA) is 17.1 Å². The van der Waals surface area contributed by atoms with Gasteiger partial charge in [0.05, 0.1) is 0 Å². The van der Waals surface area contributed by atoms with Gasteiger partial charge in [-0.2, -0.15) is 0 Å². The summed E-state index contributed by atoms with van der Waals surface area (Å²) in [5.74, 6) is 12.0. The fourth-order valence-electron chi connectivity index (χ4n) is 7.49. The standard InChI is InChI=1S/C16H24OS/c1-7-8(2)10-3-9(7)15-11-4-12(16(10)15)14-6-18(17)5-13(11)14/h7-16H,3-6H2,1-2H3. The first kappa shape index (κ1) is 10.9. The van der Waals surface area contributed by atoms with Gasteiger partial charge < -0.3 is 0 Å². The highest BCUT2D eigenvalue weighted by molar-refractivity contribution is 7.85. The van der Waals surface area contributed by atoms with E-state index in [4.69, 9.17) is 0 Å². The van der Waals surface area contributed by atoms with Crippen LogP contribution < -0.4 is 0 Å². The van der Waals surface area contributed by atoms with Gasteiger partial charge >= 0.3 is 0 Å². The Morgan fingerprint density at radius 1 is 0.722 bits per heavy atom. The van der Waals surface area contributed by atoms with E-state index in [0.29, 0.717) is 0 Å². The van der Waals surface area contributed by atoms with Crippen LogP contribution in [-0.2, 0) is 10.8 Å². The van der Waals surface area contributed by atoms with Crippen LogP contribution in [0.15, 0.2) is 0 Å². The molecular weight excluding hydrogens is 240 g/mol. The number of fused-ring (bicyclic) bond motifs is 12. The second-order valence-corrected chi connectivity index (χ2v) is 9.65. The van der Waals surface area contributed by atoms with Gasteiger partial charge in [0.1, 0.15) is 0 Å². The molecule has 0 spiro atoms. The highest BCUT2D eigenvalue weighted by atomic mass is 32.2. The van der Waals surface area contributed by atoms with E-state index in [1.807, 2.05) is 0 Å². The second-order valence-electron chi connectivity index (χ2n) is 8.10. The lowest BCUT2D eigenvalue weighted by atomic mass is 9.60. The average molecular weight is 264 g/mol. The molecule has 5 aliphatic rings. The van der Waals surface area contributed by atoms with Crippen molar-refractivity contribution >= 4 is 10.8 Å². The Labute approximate surface area is 113 Å². The van der Waals surface area contributed by atoms with Gasteiger partial charge in [0, 0.05) is 22.3 Å². The average Bonchev–Trinajstić information content (AvgIpc) is 3.02. The Kier molecular flexibility index (Phi) is 1.96. The van der Waals surface area contributed by atoms with Crippen LogP contribution in [0.5, 0.6) is 0 Å². The van der Waals surface area contributed by atoms with E-state index in [1.54, 1.807) is 6.42 Å². The van der Waals surface area contributed by atoms with Gasteiger partial charge in [0.15, 0.2) is 0 Å². The Morgan fingerprint density at radius 2 is 1.17 bits per heavy atom. The summed E-state index contributed by atoms with van der Waals surface area (Å²) in [4.78, 5) is 0. The third-order valence-electron chi connectivity index (χ3n) is 8.10. The molecule has 0 radical (unpaired) electrons. The van der Waals surface area contributed by atoms with Gasteiger partial charge in [-0.1, -0.05) is 13.8 Å². The highest BCUT2D eigenvalue weighted by Gasteiger charge is 2.69. The molecule has 100 valence electrons. The van der Waals surface area contributed by atoms with Crippen molar-refractivity contribution in [3.63, 3.8) is 0 Å². The molecule has 5 rings (SSSR count). The molecule has 1 saturated heterocycles. The van der Waals surface area contributed by atoms with Crippen molar-refractivity contribution in [1.82, 2.24) is 0 Å². The van der Waals surface area contributed by atoms with Crippen LogP contribution in [0.25, 0.3) is 0 Å². The summed E-state index contributed by atoms with van der Waals surface area (Å²) in [6.07, 6.45) is 3.07. The maximum absolute atomic E-state index is 11.9. The zero-order valence-corrected chi connectivity index (χ0v) is 12.2. The third-order valence-corrected chi connectivity index (χ3v) is 9.61. The summed E-state index contributed by atoms with van der Waals surface area (Å²) >= 11 is 0. The molecule has 2 heteroatoms. The minimum atomic E-state index is -0.460. The molecule has 4 saturated carbocycles. The lowest BCUT2D eigenvalue weighted by molar-refractivity contribution is 0.0294. The molecule has 10 atom stereocenters. The van der Waals surface area contributed by atoms with E-state index in [1.165, 1.54) is 6.42 Å². The first-order valence-electron chi connectivity index (χ1n) is 8.01. The maximum atomic E-state index is 11.9. The summed E-state index contributed by atoms with van der Waals surface area (Å²) in [7, 11) is -0.460. The van der Waals surface area contributed by atoms with E-state index in [0.717, 1.165) is 70.7 Å². The second kappa shape index (κ2) is 3.24.